The molecule has 2 rings (SSSR count). The van der Waals surface area contributed by atoms with Gasteiger partial charge in [-0.3, -0.25) is 4.79 Å². The number of methoxy groups -OCH3 is 1. The number of nitrogens with one attached hydrogen (secondary N) is 1. The van der Waals surface area contributed by atoms with Gasteiger partial charge in [0.15, 0.2) is 0 Å². The smallest absolute Gasteiger partial charge is 0.220 e. The highest BCUT2D eigenvalue weighted by Gasteiger charge is 2.43. The van der Waals surface area contributed by atoms with Gasteiger partial charge in [-0.1, -0.05) is 26.0 Å². The number of carbonyl (C=O) groups excluding carboxylic acids is 1. The van der Waals surface area contributed by atoms with Gasteiger partial charge in [0.2, 0.25) is 5.91 Å². The van der Waals surface area contributed by atoms with Crippen LogP contribution >= 0.6 is 0 Å². The Bertz CT molecular complexity index is 551. The van der Waals surface area contributed by atoms with Crippen LogP contribution in [0.15, 0.2) is 24.3 Å². The molecule has 1 atom stereocenters. The predicted molar refractivity (Wildman–Crippen MR) is 96.4 cm³/mol. The van der Waals surface area contributed by atoms with Gasteiger partial charge in [-0.25, -0.2) is 0 Å². The second-order valence-electron chi connectivity index (χ2n) is 7.92. The molecule has 1 aliphatic heterocycles. The summed E-state index contributed by atoms with van der Waals surface area (Å²) in [6.45, 7) is 9.83. The fraction of sp³-hybridized carbons (Fsp3) is 0.650. The molecule has 4 nitrogen and oxygen atoms in total. The van der Waals surface area contributed by atoms with Crippen molar-refractivity contribution in [2.24, 2.45) is 5.92 Å². The molecule has 1 heterocycles. The average molecular weight is 333 g/mol. The monoisotopic (exact) mass is 333 g/mol. The Hall–Kier alpha value is -1.55. The van der Waals surface area contributed by atoms with E-state index in [1.807, 2.05) is 12.1 Å². The van der Waals surface area contributed by atoms with Crippen LogP contribution in [-0.4, -0.2) is 31.8 Å². The van der Waals surface area contributed by atoms with E-state index in [0.29, 0.717) is 18.9 Å². The molecular formula is C20H31NO3. The molecule has 0 spiro atoms. The van der Waals surface area contributed by atoms with E-state index < -0.39 is 0 Å². The molecule has 1 N–H and O–H groups in total. The fourth-order valence-electron chi connectivity index (χ4n) is 3.61. The highest BCUT2D eigenvalue weighted by Crippen LogP contribution is 2.44. The molecule has 0 saturated carbocycles. The summed E-state index contributed by atoms with van der Waals surface area (Å²) >= 11 is 0. The van der Waals surface area contributed by atoms with E-state index in [1.165, 1.54) is 5.56 Å². The number of ether oxygens (including phenoxy) is 2. The Morgan fingerprint density at radius 3 is 2.50 bits per heavy atom. The van der Waals surface area contributed by atoms with Crippen LogP contribution in [0.5, 0.6) is 5.75 Å². The Morgan fingerprint density at radius 2 is 1.96 bits per heavy atom. The summed E-state index contributed by atoms with van der Waals surface area (Å²) in [6, 6.07) is 8.14. The summed E-state index contributed by atoms with van der Waals surface area (Å²) < 4.78 is 11.2. The normalized spacial score (nSPS) is 23.1. The minimum Gasteiger partial charge on any atom is -0.497 e. The SMILES string of the molecule is COc1ccc([C@]2(CC(=O)NCC(C)C)CCOC(C)(C)C2)cc1. The van der Waals surface area contributed by atoms with Crippen LogP contribution in [-0.2, 0) is 14.9 Å². The Kier molecular flexibility index (Phi) is 5.92. The van der Waals surface area contributed by atoms with Crippen molar-refractivity contribution in [3.8, 4) is 5.75 Å². The van der Waals surface area contributed by atoms with Crippen molar-refractivity contribution < 1.29 is 14.3 Å². The lowest BCUT2D eigenvalue weighted by Gasteiger charge is -2.45. The largest absolute Gasteiger partial charge is 0.497 e. The van der Waals surface area contributed by atoms with E-state index in [9.17, 15) is 4.79 Å². The maximum absolute atomic E-state index is 12.6. The van der Waals surface area contributed by atoms with Crippen molar-refractivity contribution in [3.05, 3.63) is 29.8 Å². The Morgan fingerprint density at radius 1 is 1.29 bits per heavy atom. The first-order valence-corrected chi connectivity index (χ1v) is 8.81. The zero-order valence-corrected chi connectivity index (χ0v) is 15.6. The number of carbonyl (C=O) groups is 1. The van der Waals surface area contributed by atoms with Gasteiger partial charge in [-0.2, -0.15) is 0 Å². The topological polar surface area (TPSA) is 47.6 Å². The average Bonchev–Trinajstić information content (AvgIpc) is 2.52. The maximum Gasteiger partial charge on any atom is 0.220 e. The molecule has 0 unspecified atom stereocenters. The molecule has 0 aliphatic carbocycles. The van der Waals surface area contributed by atoms with Crippen LogP contribution < -0.4 is 10.1 Å². The third-order valence-corrected chi connectivity index (χ3v) is 4.75. The summed E-state index contributed by atoms with van der Waals surface area (Å²) in [5, 5.41) is 3.07. The third kappa shape index (κ3) is 4.73. The molecule has 1 fully saturated rings. The van der Waals surface area contributed by atoms with E-state index in [-0.39, 0.29) is 16.9 Å². The maximum atomic E-state index is 12.6. The standard InChI is InChI=1S/C20H31NO3/c1-15(2)13-21-18(22)12-20(10-11-24-19(3,4)14-20)16-6-8-17(23-5)9-7-16/h6-9,15H,10-14H2,1-5H3,(H,21,22)/t20-/m0/s1. The molecule has 134 valence electrons. The van der Waals surface area contributed by atoms with Crippen molar-refractivity contribution in [3.63, 3.8) is 0 Å². The minimum absolute atomic E-state index is 0.122. The molecule has 1 aromatic carbocycles. The van der Waals surface area contributed by atoms with Crippen molar-refractivity contribution in [2.45, 2.75) is 58.0 Å². The third-order valence-electron chi connectivity index (χ3n) is 4.75. The summed E-state index contributed by atoms with van der Waals surface area (Å²) in [4.78, 5) is 12.6. The lowest BCUT2D eigenvalue weighted by molar-refractivity contribution is -0.126. The first-order valence-electron chi connectivity index (χ1n) is 8.81. The van der Waals surface area contributed by atoms with E-state index in [1.54, 1.807) is 7.11 Å². The van der Waals surface area contributed by atoms with Crippen molar-refractivity contribution in [2.75, 3.05) is 20.3 Å². The molecule has 1 aliphatic rings. The Labute approximate surface area is 145 Å². The molecule has 0 bridgehead atoms. The number of amides is 1. The van der Waals surface area contributed by atoms with Gasteiger partial charge >= 0.3 is 0 Å². The summed E-state index contributed by atoms with van der Waals surface area (Å²) in [5.41, 5.74) is 0.783. The minimum atomic E-state index is -0.226. The van der Waals surface area contributed by atoms with Gasteiger partial charge in [0.05, 0.1) is 12.7 Å². The van der Waals surface area contributed by atoms with Gasteiger partial charge in [0.25, 0.3) is 0 Å². The zero-order valence-electron chi connectivity index (χ0n) is 15.6. The number of hydrogen-bond donors (Lipinski definition) is 1. The molecule has 0 radical (unpaired) electrons. The number of benzene rings is 1. The molecular weight excluding hydrogens is 302 g/mol. The molecule has 0 aromatic heterocycles. The van der Waals surface area contributed by atoms with Crippen LogP contribution in [0, 0.1) is 5.92 Å². The van der Waals surface area contributed by atoms with Gasteiger partial charge in [0.1, 0.15) is 5.75 Å². The van der Waals surface area contributed by atoms with Gasteiger partial charge in [0, 0.05) is 25.0 Å². The second kappa shape index (κ2) is 7.56. The van der Waals surface area contributed by atoms with Crippen LogP contribution in [0.2, 0.25) is 0 Å². The van der Waals surface area contributed by atoms with Crippen LogP contribution in [0.3, 0.4) is 0 Å². The second-order valence-corrected chi connectivity index (χ2v) is 7.92. The lowest BCUT2D eigenvalue weighted by atomic mass is 9.67. The first-order chi connectivity index (χ1) is 11.3. The van der Waals surface area contributed by atoms with E-state index in [4.69, 9.17) is 9.47 Å². The van der Waals surface area contributed by atoms with E-state index in [2.05, 4.69) is 45.1 Å². The predicted octanol–water partition coefficient (Wildman–Crippen LogP) is 3.68. The van der Waals surface area contributed by atoms with E-state index >= 15 is 0 Å². The number of rotatable bonds is 6. The molecule has 4 heteroatoms. The highest BCUT2D eigenvalue weighted by molar-refractivity contribution is 5.77. The molecule has 24 heavy (non-hydrogen) atoms. The van der Waals surface area contributed by atoms with E-state index in [0.717, 1.165) is 25.1 Å². The zero-order chi connectivity index (χ0) is 17.8. The molecule has 1 amide bonds. The van der Waals surface area contributed by atoms with Crippen molar-refractivity contribution in [1.82, 2.24) is 5.32 Å². The Balaban J connectivity index is 2.25. The van der Waals surface area contributed by atoms with Crippen LogP contribution in [0.4, 0.5) is 0 Å². The molecule has 1 saturated heterocycles. The highest BCUT2D eigenvalue weighted by atomic mass is 16.5. The molecule has 1 aromatic rings. The first kappa shape index (κ1) is 18.8. The van der Waals surface area contributed by atoms with Gasteiger partial charge in [-0.15, -0.1) is 0 Å². The van der Waals surface area contributed by atoms with Crippen molar-refractivity contribution in [1.29, 1.82) is 0 Å². The fourth-order valence-corrected chi connectivity index (χ4v) is 3.61. The number of hydrogen-bond acceptors (Lipinski definition) is 3. The summed E-state index contributed by atoms with van der Waals surface area (Å²) in [7, 11) is 1.67. The summed E-state index contributed by atoms with van der Waals surface area (Å²) in [5.74, 6) is 1.42. The quantitative estimate of drug-likeness (QED) is 0.864. The van der Waals surface area contributed by atoms with Gasteiger partial charge < -0.3 is 14.8 Å². The van der Waals surface area contributed by atoms with Crippen LogP contribution in [0.25, 0.3) is 0 Å². The lowest BCUT2D eigenvalue weighted by Crippen LogP contribution is -2.46. The van der Waals surface area contributed by atoms with Gasteiger partial charge in [-0.05, 0) is 50.3 Å². The summed E-state index contributed by atoms with van der Waals surface area (Å²) in [6.07, 6.45) is 2.19. The van der Waals surface area contributed by atoms with Crippen molar-refractivity contribution >= 4 is 5.91 Å². The van der Waals surface area contributed by atoms with Crippen LogP contribution in [0.1, 0.15) is 52.5 Å².